The Morgan fingerprint density at radius 1 is 1.23 bits per heavy atom. The number of hydrogen-bond acceptors (Lipinski definition) is 7. The van der Waals surface area contributed by atoms with Crippen molar-refractivity contribution in [1.29, 1.82) is 0 Å². The van der Waals surface area contributed by atoms with E-state index in [1.54, 1.807) is 0 Å². The van der Waals surface area contributed by atoms with E-state index < -0.39 is 33.1 Å². The lowest BCUT2D eigenvalue weighted by molar-refractivity contribution is -0.137. The molecule has 0 fully saturated rings. The molecule has 1 aromatic carbocycles. The zero-order valence-corrected chi connectivity index (χ0v) is 17.4. The molecule has 3 rings (SSSR count). The minimum atomic E-state index is -4.53. The van der Waals surface area contributed by atoms with Gasteiger partial charge in [-0.15, -0.1) is 10.2 Å². The molecule has 0 radical (unpaired) electrons. The van der Waals surface area contributed by atoms with Crippen LogP contribution in [0.1, 0.15) is 23.7 Å². The van der Waals surface area contributed by atoms with Crippen molar-refractivity contribution < 1.29 is 26.7 Å². The second kappa shape index (κ2) is 8.15. The van der Waals surface area contributed by atoms with Crippen LogP contribution in [-0.4, -0.2) is 44.5 Å². The Kier molecular flexibility index (Phi) is 6.06. The fourth-order valence-electron chi connectivity index (χ4n) is 2.76. The van der Waals surface area contributed by atoms with E-state index in [1.165, 1.54) is 25.1 Å². The van der Waals surface area contributed by atoms with Gasteiger partial charge in [0.2, 0.25) is 15.8 Å². The minimum Gasteiger partial charge on any atom is -0.383 e. The summed E-state index contributed by atoms with van der Waals surface area (Å²) in [7, 11) is -3.99. The third-order valence-electron chi connectivity index (χ3n) is 4.15. The highest BCUT2D eigenvalue weighted by Gasteiger charge is 2.32. The number of nitrogens with two attached hydrogens (primary N) is 1. The first-order chi connectivity index (χ1) is 14.2. The largest absolute Gasteiger partial charge is 0.416 e. The van der Waals surface area contributed by atoms with Crippen molar-refractivity contribution in [3.05, 3.63) is 58.2 Å². The van der Waals surface area contributed by atoms with Crippen LogP contribution >= 0.6 is 11.6 Å². The molecule has 0 aliphatic heterocycles. The second-order valence-corrected chi connectivity index (χ2v) is 8.96. The summed E-state index contributed by atoms with van der Waals surface area (Å²) in [4.78, 5) is 5.20. The summed E-state index contributed by atoms with van der Waals surface area (Å²) in [6, 6.07) is 7.30. The number of sulfonamides is 1. The molecule has 14 heteroatoms. The zero-order valence-electron chi connectivity index (χ0n) is 15.9. The summed E-state index contributed by atoms with van der Waals surface area (Å²) < 4.78 is 61.5. The Morgan fingerprint density at radius 3 is 2.58 bits per heavy atom. The molecule has 0 aliphatic rings. The van der Waals surface area contributed by atoms with Crippen LogP contribution in [0.2, 0.25) is 5.02 Å². The van der Waals surface area contributed by atoms with Gasteiger partial charge in [0.25, 0.3) is 0 Å². The number of aromatic nitrogens is 5. The van der Waals surface area contributed by atoms with Gasteiger partial charge in [0.05, 0.1) is 23.6 Å². The van der Waals surface area contributed by atoms with E-state index in [0.717, 1.165) is 23.0 Å². The molecular formula is C17H16ClF3N6O3S. The number of aliphatic hydroxyl groups is 1. The highest BCUT2D eigenvalue weighted by molar-refractivity contribution is 7.89. The molecule has 0 amide bonds. The minimum absolute atomic E-state index is 0.0105. The number of tetrazole rings is 1. The molecule has 0 spiro atoms. The van der Waals surface area contributed by atoms with Gasteiger partial charge in [-0.25, -0.2) is 18.5 Å². The van der Waals surface area contributed by atoms with Crippen LogP contribution in [0.5, 0.6) is 0 Å². The van der Waals surface area contributed by atoms with Gasteiger partial charge in [0.1, 0.15) is 11.3 Å². The van der Waals surface area contributed by atoms with E-state index in [1.807, 2.05) is 0 Å². The van der Waals surface area contributed by atoms with E-state index in [0.29, 0.717) is 0 Å². The first kappa shape index (κ1) is 23.1. The van der Waals surface area contributed by atoms with Gasteiger partial charge in [0.15, 0.2) is 0 Å². The molecule has 3 aromatic rings. The smallest absolute Gasteiger partial charge is 0.383 e. The molecule has 0 saturated carbocycles. The molecule has 0 aliphatic carbocycles. The standard InChI is InChI=1S/C17H16ClF3N6O3S/c1-16(28,9-31(22,29)30)14-4-2-3-13(23-14)15-24-26-27(25-15)8-10-7-11(17(19,20)21)5-6-12(10)18/h2-7,28H,8-9H2,1H3,(H2,22,29,30)/t16-/m0/s1. The van der Waals surface area contributed by atoms with Gasteiger partial charge < -0.3 is 5.11 Å². The van der Waals surface area contributed by atoms with Gasteiger partial charge in [-0.3, -0.25) is 0 Å². The molecule has 0 unspecified atom stereocenters. The molecule has 2 heterocycles. The second-order valence-electron chi connectivity index (χ2n) is 6.94. The molecule has 166 valence electrons. The number of hydrogen-bond donors (Lipinski definition) is 2. The number of rotatable bonds is 6. The highest BCUT2D eigenvalue weighted by Crippen LogP contribution is 2.32. The van der Waals surface area contributed by atoms with Crippen LogP contribution in [0, 0.1) is 0 Å². The van der Waals surface area contributed by atoms with Crippen molar-refractivity contribution in [2.24, 2.45) is 5.14 Å². The number of pyridine rings is 1. The van der Waals surface area contributed by atoms with E-state index in [9.17, 15) is 26.7 Å². The highest BCUT2D eigenvalue weighted by atomic mass is 35.5. The number of nitrogens with zero attached hydrogens (tertiary/aromatic N) is 5. The summed E-state index contributed by atoms with van der Waals surface area (Å²) in [6.45, 7) is 1.06. The summed E-state index contributed by atoms with van der Waals surface area (Å²) in [5, 5.41) is 27.2. The van der Waals surface area contributed by atoms with Crippen molar-refractivity contribution in [2.75, 3.05) is 5.75 Å². The van der Waals surface area contributed by atoms with E-state index in [2.05, 4.69) is 20.4 Å². The van der Waals surface area contributed by atoms with Crippen LogP contribution in [-0.2, 0) is 28.3 Å². The first-order valence-electron chi connectivity index (χ1n) is 8.59. The average molecular weight is 477 g/mol. The van der Waals surface area contributed by atoms with E-state index in [4.69, 9.17) is 16.7 Å². The van der Waals surface area contributed by atoms with Gasteiger partial charge in [-0.2, -0.15) is 18.0 Å². The monoisotopic (exact) mass is 476 g/mol. The number of alkyl halides is 3. The van der Waals surface area contributed by atoms with Crippen molar-refractivity contribution >= 4 is 21.6 Å². The Morgan fingerprint density at radius 2 is 1.94 bits per heavy atom. The molecule has 0 bridgehead atoms. The summed E-state index contributed by atoms with van der Waals surface area (Å²) in [5.74, 6) is -0.749. The third kappa shape index (κ3) is 5.76. The maximum Gasteiger partial charge on any atom is 0.416 e. The third-order valence-corrected chi connectivity index (χ3v) is 5.48. The van der Waals surface area contributed by atoms with Crippen LogP contribution in [0.25, 0.3) is 11.5 Å². The van der Waals surface area contributed by atoms with Gasteiger partial charge in [-0.05, 0) is 48.0 Å². The van der Waals surface area contributed by atoms with Crippen LogP contribution in [0.15, 0.2) is 36.4 Å². The summed E-state index contributed by atoms with van der Waals surface area (Å²) in [5.41, 5.74) is -2.42. The Balaban J connectivity index is 1.87. The van der Waals surface area contributed by atoms with Crippen LogP contribution in [0.4, 0.5) is 13.2 Å². The fraction of sp³-hybridized carbons (Fsp3) is 0.294. The topological polar surface area (TPSA) is 137 Å². The lowest BCUT2D eigenvalue weighted by atomic mass is 10.0. The summed E-state index contributed by atoms with van der Waals surface area (Å²) >= 11 is 5.99. The summed E-state index contributed by atoms with van der Waals surface area (Å²) in [6.07, 6.45) is -4.53. The van der Waals surface area contributed by atoms with Crippen molar-refractivity contribution in [2.45, 2.75) is 25.2 Å². The van der Waals surface area contributed by atoms with E-state index >= 15 is 0 Å². The quantitative estimate of drug-likeness (QED) is 0.554. The fourth-order valence-corrected chi connectivity index (χ4v) is 3.87. The maximum atomic E-state index is 12.9. The molecule has 1 atom stereocenters. The van der Waals surface area contributed by atoms with Crippen molar-refractivity contribution in [1.82, 2.24) is 25.2 Å². The number of primary sulfonamides is 1. The number of benzene rings is 1. The first-order valence-corrected chi connectivity index (χ1v) is 10.7. The lowest BCUT2D eigenvalue weighted by Crippen LogP contribution is -2.35. The molecule has 31 heavy (non-hydrogen) atoms. The van der Waals surface area contributed by atoms with Gasteiger partial charge in [0, 0.05) is 5.02 Å². The molecular weight excluding hydrogens is 461 g/mol. The Labute approximate surface area is 179 Å². The van der Waals surface area contributed by atoms with Gasteiger partial charge >= 0.3 is 6.18 Å². The van der Waals surface area contributed by atoms with Crippen molar-refractivity contribution in [3.8, 4) is 11.5 Å². The Bertz CT molecular complexity index is 1210. The van der Waals surface area contributed by atoms with Crippen LogP contribution in [0.3, 0.4) is 0 Å². The normalized spacial score (nSPS) is 14.4. The van der Waals surface area contributed by atoms with Crippen LogP contribution < -0.4 is 5.14 Å². The predicted molar refractivity (Wildman–Crippen MR) is 104 cm³/mol. The molecule has 2 aromatic heterocycles. The predicted octanol–water partition coefficient (Wildman–Crippen LogP) is 1.95. The molecule has 0 saturated heterocycles. The average Bonchev–Trinajstić information content (AvgIpc) is 3.09. The Hall–Kier alpha value is -2.61. The van der Waals surface area contributed by atoms with Crippen molar-refractivity contribution in [3.63, 3.8) is 0 Å². The van der Waals surface area contributed by atoms with Gasteiger partial charge in [-0.1, -0.05) is 17.7 Å². The zero-order chi connectivity index (χ0) is 23.0. The van der Waals surface area contributed by atoms with E-state index in [-0.39, 0.29) is 34.3 Å². The SMILES string of the molecule is C[C@](O)(CS(N)(=O)=O)c1cccc(-c2nnn(Cc3cc(C(F)(F)F)ccc3Cl)n2)n1. The molecule has 9 nitrogen and oxygen atoms in total. The lowest BCUT2D eigenvalue weighted by Gasteiger charge is -2.21. The molecule has 3 N–H and O–H groups in total. The number of halogens is 4. The maximum absolute atomic E-state index is 12.9.